The molecule has 0 saturated heterocycles. The van der Waals surface area contributed by atoms with Crippen molar-refractivity contribution in [3.63, 3.8) is 0 Å². The molecule has 7 heteroatoms. The van der Waals surface area contributed by atoms with Crippen LogP contribution in [0.2, 0.25) is 0 Å². The molecule has 2 aromatic carbocycles. The summed E-state index contributed by atoms with van der Waals surface area (Å²) in [6.07, 6.45) is 0.816. The number of carbonyl (C=O) groups excluding carboxylic acids is 1. The van der Waals surface area contributed by atoms with Crippen molar-refractivity contribution in [1.82, 2.24) is 24.9 Å². The van der Waals surface area contributed by atoms with E-state index in [1.807, 2.05) is 23.7 Å². The first-order valence-corrected chi connectivity index (χ1v) is 10.7. The third kappa shape index (κ3) is 4.77. The summed E-state index contributed by atoms with van der Waals surface area (Å²) in [7, 11) is 1.77. The minimum atomic E-state index is -0.288. The van der Waals surface area contributed by atoms with E-state index < -0.39 is 0 Å². The molecule has 0 aliphatic carbocycles. The first kappa shape index (κ1) is 21.1. The molecule has 0 spiro atoms. The molecule has 1 aliphatic rings. The molecule has 2 amide bonds. The van der Waals surface area contributed by atoms with Gasteiger partial charge in [0.1, 0.15) is 5.82 Å². The molecule has 1 aliphatic heterocycles. The van der Waals surface area contributed by atoms with Crippen LogP contribution in [0, 0.1) is 5.82 Å². The Kier molecular flexibility index (Phi) is 6.32. The number of nitrogens with zero attached hydrogens (tertiary/aromatic N) is 4. The van der Waals surface area contributed by atoms with Crippen LogP contribution in [-0.2, 0) is 26.1 Å². The van der Waals surface area contributed by atoms with Crippen molar-refractivity contribution in [2.24, 2.45) is 0 Å². The van der Waals surface area contributed by atoms with E-state index in [4.69, 9.17) is 5.10 Å². The Labute approximate surface area is 182 Å². The summed E-state index contributed by atoms with van der Waals surface area (Å²) in [5.41, 5.74) is 5.05. The number of nitrogens with one attached hydrogen (secondary N) is 1. The van der Waals surface area contributed by atoms with Crippen molar-refractivity contribution in [2.75, 3.05) is 20.1 Å². The minimum Gasteiger partial charge on any atom is -0.338 e. The van der Waals surface area contributed by atoms with Gasteiger partial charge in [-0.05, 0) is 30.7 Å². The first-order chi connectivity index (χ1) is 15.0. The first-order valence-electron chi connectivity index (χ1n) is 10.7. The molecule has 3 aromatic rings. The zero-order chi connectivity index (χ0) is 21.8. The van der Waals surface area contributed by atoms with Crippen LogP contribution in [0.1, 0.15) is 29.4 Å². The maximum Gasteiger partial charge on any atom is 0.317 e. The molecule has 0 radical (unpaired) electrons. The fourth-order valence-electron chi connectivity index (χ4n) is 4.05. The van der Waals surface area contributed by atoms with Crippen LogP contribution in [0.5, 0.6) is 0 Å². The molecule has 0 bridgehead atoms. The molecule has 31 heavy (non-hydrogen) atoms. The summed E-state index contributed by atoms with van der Waals surface area (Å²) in [5.74, 6) is -0.288. The average Bonchev–Trinajstić information content (AvgIpc) is 3.12. The Morgan fingerprint density at radius 1 is 1.19 bits per heavy atom. The Morgan fingerprint density at radius 2 is 2.00 bits per heavy atom. The van der Waals surface area contributed by atoms with E-state index in [-0.39, 0.29) is 11.8 Å². The molecule has 1 aromatic heterocycles. The number of urea groups is 1. The second-order valence-electron chi connectivity index (χ2n) is 7.90. The molecule has 4 rings (SSSR count). The van der Waals surface area contributed by atoms with Crippen molar-refractivity contribution < 1.29 is 9.18 Å². The van der Waals surface area contributed by atoms with Gasteiger partial charge in [-0.15, -0.1) is 0 Å². The van der Waals surface area contributed by atoms with Crippen molar-refractivity contribution in [3.8, 4) is 5.69 Å². The molecule has 1 N–H and O–H groups in total. The van der Waals surface area contributed by atoms with Crippen molar-refractivity contribution >= 4 is 6.03 Å². The number of rotatable bonds is 6. The van der Waals surface area contributed by atoms with E-state index in [2.05, 4.69) is 34.5 Å². The highest BCUT2D eigenvalue weighted by molar-refractivity contribution is 5.73. The van der Waals surface area contributed by atoms with E-state index >= 15 is 0 Å². The predicted octanol–water partition coefficient (Wildman–Crippen LogP) is 3.73. The molecule has 0 atom stereocenters. The molecule has 6 nitrogen and oxygen atoms in total. The number of aromatic nitrogens is 2. The summed E-state index contributed by atoms with van der Waals surface area (Å²) in [6.45, 7) is 5.37. The second kappa shape index (κ2) is 9.31. The maximum atomic E-state index is 13.9. The van der Waals surface area contributed by atoms with Gasteiger partial charge in [0, 0.05) is 45.2 Å². The van der Waals surface area contributed by atoms with E-state index in [9.17, 15) is 9.18 Å². The quantitative estimate of drug-likeness (QED) is 0.660. The summed E-state index contributed by atoms with van der Waals surface area (Å²) < 4.78 is 15.7. The van der Waals surface area contributed by atoms with Crippen LogP contribution in [0.25, 0.3) is 5.69 Å². The molecule has 162 valence electrons. The van der Waals surface area contributed by atoms with Crippen LogP contribution < -0.4 is 5.32 Å². The molecule has 0 saturated carbocycles. The van der Waals surface area contributed by atoms with E-state index in [0.717, 1.165) is 43.0 Å². The largest absolute Gasteiger partial charge is 0.338 e. The monoisotopic (exact) mass is 421 g/mol. The van der Waals surface area contributed by atoms with Crippen LogP contribution in [0.4, 0.5) is 9.18 Å². The van der Waals surface area contributed by atoms with Crippen LogP contribution in [0.15, 0.2) is 54.6 Å². The highest BCUT2D eigenvalue weighted by Gasteiger charge is 2.27. The van der Waals surface area contributed by atoms with Gasteiger partial charge in [-0.3, -0.25) is 4.90 Å². The molecular weight excluding hydrogens is 393 g/mol. The van der Waals surface area contributed by atoms with E-state index in [1.54, 1.807) is 18.0 Å². The molecule has 0 fully saturated rings. The zero-order valence-electron chi connectivity index (χ0n) is 18.0. The maximum absolute atomic E-state index is 13.9. The Morgan fingerprint density at radius 3 is 2.74 bits per heavy atom. The normalized spacial score (nSPS) is 13.6. The van der Waals surface area contributed by atoms with E-state index in [0.29, 0.717) is 18.8 Å². The number of amides is 2. The highest BCUT2D eigenvalue weighted by Crippen LogP contribution is 2.27. The molecule has 2 heterocycles. The lowest BCUT2D eigenvalue weighted by atomic mass is 10.0. The van der Waals surface area contributed by atoms with Gasteiger partial charge in [0.2, 0.25) is 0 Å². The number of carbonyl (C=O) groups is 1. The van der Waals surface area contributed by atoms with Gasteiger partial charge in [0.15, 0.2) is 0 Å². The van der Waals surface area contributed by atoms with Crippen molar-refractivity contribution in [1.29, 1.82) is 0 Å². The highest BCUT2D eigenvalue weighted by atomic mass is 19.1. The average molecular weight is 422 g/mol. The molecular formula is C24H28FN5O. The lowest BCUT2D eigenvalue weighted by Crippen LogP contribution is -2.37. The second-order valence-corrected chi connectivity index (χ2v) is 7.90. The van der Waals surface area contributed by atoms with Gasteiger partial charge in [-0.1, -0.05) is 36.4 Å². The van der Waals surface area contributed by atoms with Gasteiger partial charge in [-0.25, -0.2) is 13.9 Å². The zero-order valence-corrected chi connectivity index (χ0v) is 18.0. The fourth-order valence-corrected chi connectivity index (χ4v) is 4.05. The van der Waals surface area contributed by atoms with Gasteiger partial charge in [0.25, 0.3) is 0 Å². The standard InChI is InChI=1S/C24H28FN5O/c1-3-26-24(31)28(2)17-22-21-16-29(15-18-8-5-4-6-9-18)13-12-23(21)30(27-22)20-11-7-10-19(25)14-20/h4-11,14H,3,12-13,15-17H2,1-2H3,(H,26,31). The van der Waals surface area contributed by atoms with Gasteiger partial charge < -0.3 is 10.2 Å². The van der Waals surface area contributed by atoms with Crippen LogP contribution in [0.3, 0.4) is 0 Å². The summed E-state index contributed by atoms with van der Waals surface area (Å²) in [5, 5.41) is 7.65. The number of hydrogen-bond acceptors (Lipinski definition) is 3. The fraction of sp³-hybridized carbons (Fsp3) is 0.333. The topological polar surface area (TPSA) is 53.4 Å². The Hall–Kier alpha value is -3.19. The predicted molar refractivity (Wildman–Crippen MR) is 118 cm³/mol. The summed E-state index contributed by atoms with van der Waals surface area (Å²) in [6, 6.07) is 16.8. The van der Waals surface area contributed by atoms with Crippen molar-refractivity contribution in [3.05, 3.63) is 82.9 Å². The van der Waals surface area contributed by atoms with Gasteiger partial charge >= 0.3 is 6.03 Å². The number of fused-ring (bicyclic) bond motifs is 1. The Bertz CT molecular complexity index is 1050. The molecule has 0 unspecified atom stereocenters. The van der Waals surface area contributed by atoms with Gasteiger partial charge in [0.05, 0.1) is 23.6 Å². The summed E-state index contributed by atoms with van der Waals surface area (Å²) >= 11 is 0. The van der Waals surface area contributed by atoms with E-state index in [1.165, 1.54) is 17.7 Å². The lowest BCUT2D eigenvalue weighted by molar-refractivity contribution is 0.206. The van der Waals surface area contributed by atoms with Crippen LogP contribution in [-0.4, -0.2) is 45.7 Å². The van der Waals surface area contributed by atoms with Crippen molar-refractivity contribution in [2.45, 2.75) is 33.0 Å². The number of halogens is 1. The lowest BCUT2D eigenvalue weighted by Gasteiger charge is -2.28. The smallest absolute Gasteiger partial charge is 0.317 e. The third-order valence-electron chi connectivity index (χ3n) is 5.58. The minimum absolute atomic E-state index is 0.131. The summed E-state index contributed by atoms with van der Waals surface area (Å²) in [4.78, 5) is 16.3. The van der Waals surface area contributed by atoms with Crippen LogP contribution >= 0.6 is 0 Å². The SMILES string of the molecule is CCNC(=O)N(C)Cc1nn(-c2cccc(F)c2)c2c1CN(Cc1ccccc1)CC2. The number of hydrogen-bond donors (Lipinski definition) is 1. The third-order valence-corrected chi connectivity index (χ3v) is 5.58. The van der Waals surface area contributed by atoms with Gasteiger partial charge in [-0.2, -0.15) is 5.10 Å². The Balaban J connectivity index is 1.65. The number of benzene rings is 2.